The van der Waals surface area contributed by atoms with Crippen LogP contribution >= 0.6 is 0 Å². The standard InChI is InChI=1S/C21H26FN3O/c1-14-23-21(20(26)25(14)10-15-6-7-15)9-8-16-11-24(13-18(16)21)12-17-4-2-3-5-19(17)22/h2-5,15-16,18H,6-13H2,1H3/t16-,18+,21-/m1/s1. The van der Waals surface area contributed by atoms with E-state index in [0.29, 0.717) is 18.4 Å². The third-order valence-electron chi connectivity index (χ3n) is 6.88. The lowest BCUT2D eigenvalue weighted by molar-refractivity contribution is -0.132. The molecule has 4 aliphatic rings. The molecule has 1 spiro atoms. The fourth-order valence-electron chi connectivity index (χ4n) is 5.34. The van der Waals surface area contributed by atoms with Crippen LogP contribution in [0, 0.1) is 23.6 Å². The quantitative estimate of drug-likeness (QED) is 0.832. The topological polar surface area (TPSA) is 35.9 Å². The average molecular weight is 355 g/mol. The van der Waals surface area contributed by atoms with Crippen LogP contribution in [0.15, 0.2) is 29.3 Å². The van der Waals surface area contributed by atoms with Gasteiger partial charge in [-0.05, 0) is 50.5 Å². The Balaban J connectivity index is 1.34. The fourth-order valence-corrected chi connectivity index (χ4v) is 5.34. The molecule has 4 nitrogen and oxygen atoms in total. The van der Waals surface area contributed by atoms with E-state index in [1.54, 1.807) is 6.07 Å². The van der Waals surface area contributed by atoms with Crippen molar-refractivity contribution in [2.75, 3.05) is 19.6 Å². The Morgan fingerprint density at radius 1 is 1.23 bits per heavy atom. The van der Waals surface area contributed by atoms with Gasteiger partial charge in [0.05, 0.1) is 0 Å². The van der Waals surface area contributed by atoms with Gasteiger partial charge in [0.1, 0.15) is 17.2 Å². The number of nitrogens with zero attached hydrogens (tertiary/aromatic N) is 3. The smallest absolute Gasteiger partial charge is 0.256 e. The van der Waals surface area contributed by atoms with Crippen molar-refractivity contribution in [1.82, 2.24) is 9.80 Å². The number of amidine groups is 1. The summed E-state index contributed by atoms with van der Waals surface area (Å²) in [5.74, 6) is 2.47. The maximum atomic E-state index is 14.0. The third-order valence-corrected chi connectivity index (χ3v) is 6.88. The van der Waals surface area contributed by atoms with Gasteiger partial charge in [-0.15, -0.1) is 0 Å². The number of hydrogen-bond donors (Lipinski definition) is 0. The second kappa shape index (κ2) is 5.88. The molecule has 26 heavy (non-hydrogen) atoms. The number of aliphatic imine (C=N–C) groups is 1. The lowest BCUT2D eigenvalue weighted by atomic mass is 9.85. The molecule has 2 saturated carbocycles. The van der Waals surface area contributed by atoms with Crippen LogP contribution in [0.4, 0.5) is 4.39 Å². The van der Waals surface area contributed by atoms with Crippen LogP contribution in [0.25, 0.3) is 0 Å². The first-order chi connectivity index (χ1) is 12.6. The molecule has 2 aliphatic heterocycles. The zero-order chi connectivity index (χ0) is 17.9. The van der Waals surface area contributed by atoms with Crippen LogP contribution in [-0.2, 0) is 11.3 Å². The molecule has 5 rings (SSSR count). The number of benzene rings is 1. The number of rotatable bonds is 4. The average Bonchev–Trinajstić information content (AvgIpc) is 3.19. The normalized spacial score (nSPS) is 34.0. The van der Waals surface area contributed by atoms with Gasteiger partial charge in [-0.25, -0.2) is 4.39 Å². The minimum absolute atomic E-state index is 0.138. The van der Waals surface area contributed by atoms with Crippen LogP contribution in [0.2, 0.25) is 0 Å². The zero-order valence-electron chi connectivity index (χ0n) is 15.3. The monoisotopic (exact) mass is 355 g/mol. The summed E-state index contributed by atoms with van der Waals surface area (Å²) < 4.78 is 14.0. The summed E-state index contributed by atoms with van der Waals surface area (Å²) in [6, 6.07) is 7.01. The van der Waals surface area contributed by atoms with Gasteiger partial charge in [-0.3, -0.25) is 19.6 Å². The van der Waals surface area contributed by atoms with Crippen LogP contribution in [0.5, 0.6) is 0 Å². The Hall–Kier alpha value is -1.75. The van der Waals surface area contributed by atoms with Gasteiger partial charge in [-0.1, -0.05) is 18.2 Å². The van der Waals surface area contributed by atoms with Crippen molar-refractivity contribution < 1.29 is 9.18 Å². The van der Waals surface area contributed by atoms with Crippen molar-refractivity contribution in [2.24, 2.45) is 22.7 Å². The molecule has 3 atom stereocenters. The molecular weight excluding hydrogens is 329 g/mol. The minimum atomic E-state index is -0.534. The number of fused-ring (bicyclic) bond motifs is 2. The Morgan fingerprint density at radius 2 is 2.04 bits per heavy atom. The van der Waals surface area contributed by atoms with E-state index in [9.17, 15) is 9.18 Å². The first kappa shape index (κ1) is 16.4. The number of hydrogen-bond acceptors (Lipinski definition) is 3. The van der Waals surface area contributed by atoms with Crippen molar-refractivity contribution in [3.8, 4) is 0 Å². The molecule has 0 aromatic heterocycles. The van der Waals surface area contributed by atoms with Crippen molar-refractivity contribution in [3.63, 3.8) is 0 Å². The molecule has 5 heteroatoms. The summed E-state index contributed by atoms with van der Waals surface area (Å²) in [5.41, 5.74) is 0.211. The molecule has 3 fully saturated rings. The zero-order valence-corrected chi connectivity index (χ0v) is 15.3. The molecule has 2 heterocycles. The Morgan fingerprint density at radius 3 is 2.81 bits per heavy atom. The second-order valence-corrected chi connectivity index (χ2v) is 8.63. The predicted molar refractivity (Wildman–Crippen MR) is 98.2 cm³/mol. The highest BCUT2D eigenvalue weighted by atomic mass is 19.1. The fraction of sp³-hybridized carbons (Fsp3) is 0.619. The Kier molecular flexibility index (Phi) is 3.71. The molecule has 0 N–H and O–H groups in total. The summed E-state index contributed by atoms with van der Waals surface area (Å²) >= 11 is 0. The van der Waals surface area contributed by atoms with Crippen LogP contribution in [0.1, 0.15) is 38.2 Å². The summed E-state index contributed by atoms with van der Waals surface area (Å²) in [7, 11) is 0. The van der Waals surface area contributed by atoms with E-state index in [-0.39, 0.29) is 17.6 Å². The summed E-state index contributed by atoms with van der Waals surface area (Å²) in [6.45, 7) is 5.27. The molecule has 1 aromatic carbocycles. The Labute approximate surface area is 154 Å². The van der Waals surface area contributed by atoms with Gasteiger partial charge in [0, 0.05) is 37.7 Å². The number of carbonyl (C=O) groups excluding carboxylic acids is 1. The van der Waals surface area contributed by atoms with Gasteiger partial charge in [0.2, 0.25) is 0 Å². The molecule has 138 valence electrons. The largest absolute Gasteiger partial charge is 0.298 e. The van der Waals surface area contributed by atoms with Gasteiger partial charge in [-0.2, -0.15) is 0 Å². The van der Waals surface area contributed by atoms with Crippen molar-refractivity contribution in [1.29, 1.82) is 0 Å². The second-order valence-electron chi connectivity index (χ2n) is 8.63. The van der Waals surface area contributed by atoms with Crippen molar-refractivity contribution in [3.05, 3.63) is 35.6 Å². The van der Waals surface area contributed by atoms with Gasteiger partial charge < -0.3 is 0 Å². The highest BCUT2D eigenvalue weighted by molar-refractivity contribution is 6.07. The Bertz CT molecular complexity index is 774. The van der Waals surface area contributed by atoms with Crippen LogP contribution in [0.3, 0.4) is 0 Å². The van der Waals surface area contributed by atoms with Crippen molar-refractivity contribution >= 4 is 11.7 Å². The molecule has 1 amide bonds. The molecular formula is C21H26FN3O. The molecule has 2 aliphatic carbocycles. The van der Waals surface area contributed by atoms with E-state index >= 15 is 0 Å². The van der Waals surface area contributed by atoms with E-state index in [4.69, 9.17) is 4.99 Å². The first-order valence-corrected chi connectivity index (χ1v) is 9.91. The lowest BCUT2D eigenvalue weighted by Gasteiger charge is -2.28. The molecule has 1 aromatic rings. The minimum Gasteiger partial charge on any atom is -0.298 e. The summed E-state index contributed by atoms with van der Waals surface area (Å²) in [5, 5.41) is 0. The third kappa shape index (κ3) is 2.51. The van der Waals surface area contributed by atoms with Crippen molar-refractivity contribution in [2.45, 2.75) is 44.7 Å². The molecule has 0 radical (unpaired) electrons. The van der Waals surface area contributed by atoms with Gasteiger partial charge >= 0.3 is 0 Å². The van der Waals surface area contributed by atoms with E-state index in [0.717, 1.165) is 43.9 Å². The van der Waals surface area contributed by atoms with E-state index in [1.165, 1.54) is 18.9 Å². The SMILES string of the molecule is CC1=N[C@@]2(CC[C@@H]3CN(Cc4ccccc4F)C[C@@H]32)C(=O)N1CC1CC1. The lowest BCUT2D eigenvalue weighted by Crippen LogP contribution is -2.47. The maximum Gasteiger partial charge on any atom is 0.256 e. The van der Waals surface area contributed by atoms with Crippen LogP contribution < -0.4 is 0 Å². The van der Waals surface area contributed by atoms with Gasteiger partial charge in [0.25, 0.3) is 5.91 Å². The molecule has 0 bridgehead atoms. The summed E-state index contributed by atoms with van der Waals surface area (Å²) in [6.07, 6.45) is 4.42. The van der Waals surface area contributed by atoms with Gasteiger partial charge in [0.15, 0.2) is 0 Å². The number of amides is 1. The van der Waals surface area contributed by atoms with E-state index in [1.807, 2.05) is 24.0 Å². The molecule has 0 unspecified atom stereocenters. The maximum absolute atomic E-state index is 14.0. The number of carbonyl (C=O) groups is 1. The number of likely N-dealkylation sites (tertiary alicyclic amines) is 1. The number of halogens is 1. The molecule has 1 saturated heterocycles. The summed E-state index contributed by atoms with van der Waals surface area (Å²) in [4.78, 5) is 22.5. The predicted octanol–water partition coefficient (Wildman–Crippen LogP) is 3.08. The highest BCUT2D eigenvalue weighted by Gasteiger charge is 2.60. The van der Waals surface area contributed by atoms with Crippen LogP contribution in [-0.4, -0.2) is 46.7 Å². The van der Waals surface area contributed by atoms with E-state index in [2.05, 4.69) is 4.90 Å². The van der Waals surface area contributed by atoms with E-state index < -0.39 is 5.54 Å². The first-order valence-electron chi connectivity index (χ1n) is 9.91. The highest BCUT2D eigenvalue weighted by Crippen LogP contribution is 2.51.